The van der Waals surface area contributed by atoms with Crippen molar-refractivity contribution in [2.75, 3.05) is 6.54 Å². The van der Waals surface area contributed by atoms with Crippen molar-refractivity contribution in [2.24, 2.45) is 11.8 Å². The van der Waals surface area contributed by atoms with E-state index in [0.29, 0.717) is 6.54 Å². The monoisotopic (exact) mass is 279 g/mol. The maximum atomic E-state index is 11.6. The number of hydrogen-bond donors (Lipinski definition) is 3. The molecule has 1 aromatic rings. The van der Waals surface area contributed by atoms with E-state index < -0.39 is 11.9 Å². The molecule has 0 radical (unpaired) electrons. The molecule has 0 fully saturated rings. The molecule has 3 N–H and O–H groups in total. The van der Waals surface area contributed by atoms with Gasteiger partial charge in [-0.1, -0.05) is 19.9 Å². The van der Waals surface area contributed by atoms with Crippen LogP contribution in [-0.2, 0) is 11.3 Å². The standard InChI is InChI=1S/C14H21N3O3/c1-9(2)12(13(18)19)8-16-14(20)15-7-11-6-4-5-10(3)17-11/h4-6,9,12H,7-8H2,1-3H3,(H,18,19)(H2,15,16,20). The number of nitrogens with zero attached hydrogens (tertiary/aromatic N) is 1. The van der Waals surface area contributed by atoms with Crippen LogP contribution in [0.5, 0.6) is 0 Å². The van der Waals surface area contributed by atoms with Crippen LogP contribution in [-0.4, -0.2) is 28.6 Å². The van der Waals surface area contributed by atoms with Crippen LogP contribution < -0.4 is 10.6 Å². The summed E-state index contributed by atoms with van der Waals surface area (Å²) in [5, 5.41) is 14.2. The molecule has 6 heteroatoms. The second-order valence-electron chi connectivity index (χ2n) is 5.02. The molecule has 110 valence electrons. The lowest BCUT2D eigenvalue weighted by molar-refractivity contribution is -0.142. The highest BCUT2D eigenvalue weighted by atomic mass is 16.4. The number of rotatable bonds is 6. The summed E-state index contributed by atoms with van der Waals surface area (Å²) in [4.78, 5) is 26.9. The summed E-state index contributed by atoms with van der Waals surface area (Å²) in [5.74, 6) is -1.52. The van der Waals surface area contributed by atoms with E-state index in [0.717, 1.165) is 11.4 Å². The van der Waals surface area contributed by atoms with E-state index in [1.165, 1.54) is 0 Å². The van der Waals surface area contributed by atoms with Crippen molar-refractivity contribution in [3.05, 3.63) is 29.6 Å². The molecular formula is C14H21N3O3. The highest BCUT2D eigenvalue weighted by Gasteiger charge is 2.21. The first-order chi connectivity index (χ1) is 9.40. The highest BCUT2D eigenvalue weighted by molar-refractivity contribution is 5.75. The van der Waals surface area contributed by atoms with E-state index in [4.69, 9.17) is 5.11 Å². The van der Waals surface area contributed by atoms with Crippen LogP contribution in [0.2, 0.25) is 0 Å². The van der Waals surface area contributed by atoms with E-state index in [9.17, 15) is 9.59 Å². The highest BCUT2D eigenvalue weighted by Crippen LogP contribution is 2.09. The zero-order valence-corrected chi connectivity index (χ0v) is 12.0. The van der Waals surface area contributed by atoms with Crippen LogP contribution >= 0.6 is 0 Å². The van der Waals surface area contributed by atoms with Gasteiger partial charge in [0.05, 0.1) is 18.2 Å². The third-order valence-corrected chi connectivity index (χ3v) is 2.98. The van der Waals surface area contributed by atoms with Gasteiger partial charge in [-0.25, -0.2) is 4.79 Å². The van der Waals surface area contributed by atoms with Gasteiger partial charge >= 0.3 is 12.0 Å². The quantitative estimate of drug-likeness (QED) is 0.736. The molecule has 1 rings (SSSR count). The largest absolute Gasteiger partial charge is 0.481 e. The second-order valence-corrected chi connectivity index (χ2v) is 5.02. The Kier molecular flexibility index (Phi) is 5.96. The number of hydrogen-bond acceptors (Lipinski definition) is 3. The van der Waals surface area contributed by atoms with Crippen LogP contribution in [0.4, 0.5) is 4.79 Å². The molecule has 1 unspecified atom stereocenters. The Morgan fingerprint density at radius 1 is 1.30 bits per heavy atom. The van der Waals surface area contributed by atoms with Crippen molar-refractivity contribution in [3.8, 4) is 0 Å². The maximum absolute atomic E-state index is 11.6. The van der Waals surface area contributed by atoms with Crippen LogP contribution in [0.25, 0.3) is 0 Å². The second kappa shape index (κ2) is 7.47. The van der Waals surface area contributed by atoms with Gasteiger partial charge in [0, 0.05) is 12.2 Å². The van der Waals surface area contributed by atoms with Crippen molar-refractivity contribution < 1.29 is 14.7 Å². The fourth-order valence-corrected chi connectivity index (χ4v) is 1.74. The molecule has 1 heterocycles. The summed E-state index contributed by atoms with van der Waals surface area (Å²) in [6, 6.07) is 5.18. The van der Waals surface area contributed by atoms with E-state index in [1.807, 2.05) is 39.0 Å². The number of carboxylic acids is 1. The Balaban J connectivity index is 2.39. The van der Waals surface area contributed by atoms with Gasteiger partial charge in [0.1, 0.15) is 0 Å². The number of nitrogens with one attached hydrogen (secondary N) is 2. The van der Waals surface area contributed by atoms with Crippen LogP contribution in [0, 0.1) is 18.8 Å². The number of aryl methyl sites for hydroxylation is 1. The molecule has 20 heavy (non-hydrogen) atoms. The molecule has 6 nitrogen and oxygen atoms in total. The number of urea groups is 1. The van der Waals surface area contributed by atoms with Crippen LogP contribution in [0.1, 0.15) is 25.2 Å². The first-order valence-electron chi connectivity index (χ1n) is 6.57. The summed E-state index contributed by atoms with van der Waals surface area (Å²) in [6.07, 6.45) is 0. The Morgan fingerprint density at radius 2 is 2.00 bits per heavy atom. The molecule has 2 amide bonds. The Labute approximate surface area is 118 Å². The fourth-order valence-electron chi connectivity index (χ4n) is 1.74. The lowest BCUT2D eigenvalue weighted by Crippen LogP contribution is -2.41. The van der Waals surface area contributed by atoms with Crippen molar-refractivity contribution in [1.29, 1.82) is 0 Å². The number of amides is 2. The van der Waals surface area contributed by atoms with Gasteiger partial charge in [0.25, 0.3) is 0 Å². The molecule has 0 aliphatic carbocycles. The molecule has 0 aliphatic heterocycles. The van der Waals surface area contributed by atoms with Crippen molar-refractivity contribution in [1.82, 2.24) is 15.6 Å². The molecule has 0 saturated heterocycles. The molecule has 0 bridgehead atoms. The zero-order chi connectivity index (χ0) is 15.1. The Hall–Kier alpha value is -2.11. The minimum atomic E-state index is -0.902. The molecule has 1 atom stereocenters. The van der Waals surface area contributed by atoms with Gasteiger partial charge in [-0.2, -0.15) is 0 Å². The molecule has 0 aromatic carbocycles. The smallest absolute Gasteiger partial charge is 0.315 e. The summed E-state index contributed by atoms with van der Waals surface area (Å²) >= 11 is 0. The summed E-state index contributed by atoms with van der Waals surface area (Å²) < 4.78 is 0. The van der Waals surface area contributed by atoms with Gasteiger partial charge in [-0.15, -0.1) is 0 Å². The van der Waals surface area contributed by atoms with Gasteiger partial charge < -0.3 is 15.7 Å². The predicted octanol–water partition coefficient (Wildman–Crippen LogP) is 1.55. The minimum absolute atomic E-state index is 0.0359. The van der Waals surface area contributed by atoms with Crippen LogP contribution in [0.3, 0.4) is 0 Å². The molecular weight excluding hydrogens is 258 g/mol. The number of aliphatic carboxylic acids is 1. The first kappa shape index (κ1) is 15.9. The van der Waals surface area contributed by atoms with Crippen molar-refractivity contribution in [3.63, 3.8) is 0 Å². The molecule has 0 aliphatic rings. The summed E-state index contributed by atoms with van der Waals surface area (Å²) in [7, 11) is 0. The van der Waals surface area contributed by atoms with E-state index in [-0.39, 0.29) is 18.5 Å². The topological polar surface area (TPSA) is 91.3 Å². The number of carboxylic acid groups (broad SMARTS) is 1. The number of aromatic nitrogens is 1. The lowest BCUT2D eigenvalue weighted by Gasteiger charge is -2.16. The Morgan fingerprint density at radius 3 is 2.55 bits per heavy atom. The summed E-state index contributed by atoms with van der Waals surface area (Å²) in [6.45, 7) is 5.93. The van der Waals surface area contributed by atoms with E-state index in [2.05, 4.69) is 15.6 Å². The average Bonchev–Trinajstić information content (AvgIpc) is 2.35. The van der Waals surface area contributed by atoms with Gasteiger partial charge in [0.15, 0.2) is 0 Å². The summed E-state index contributed by atoms with van der Waals surface area (Å²) in [5.41, 5.74) is 1.65. The van der Waals surface area contributed by atoms with E-state index >= 15 is 0 Å². The minimum Gasteiger partial charge on any atom is -0.481 e. The zero-order valence-electron chi connectivity index (χ0n) is 12.0. The van der Waals surface area contributed by atoms with E-state index in [1.54, 1.807) is 0 Å². The third-order valence-electron chi connectivity index (χ3n) is 2.98. The lowest BCUT2D eigenvalue weighted by atomic mass is 9.96. The first-order valence-corrected chi connectivity index (χ1v) is 6.57. The average molecular weight is 279 g/mol. The normalized spacial score (nSPS) is 12.0. The van der Waals surface area contributed by atoms with Gasteiger partial charge in [-0.3, -0.25) is 9.78 Å². The predicted molar refractivity (Wildman–Crippen MR) is 75.2 cm³/mol. The van der Waals surface area contributed by atoms with Crippen molar-refractivity contribution >= 4 is 12.0 Å². The van der Waals surface area contributed by atoms with Gasteiger partial charge in [0.2, 0.25) is 0 Å². The van der Waals surface area contributed by atoms with Crippen LogP contribution in [0.15, 0.2) is 18.2 Å². The maximum Gasteiger partial charge on any atom is 0.315 e. The number of carbonyl (C=O) groups is 2. The fraction of sp³-hybridized carbons (Fsp3) is 0.500. The molecule has 0 spiro atoms. The molecule has 1 aromatic heterocycles. The van der Waals surface area contributed by atoms with Gasteiger partial charge in [-0.05, 0) is 25.0 Å². The SMILES string of the molecule is Cc1cccc(CNC(=O)NCC(C(=O)O)C(C)C)n1. The Bertz CT molecular complexity index is 474. The number of pyridine rings is 1. The third kappa shape index (κ3) is 5.26. The number of carbonyl (C=O) groups excluding carboxylic acids is 1. The van der Waals surface area contributed by atoms with Crippen molar-refractivity contribution in [2.45, 2.75) is 27.3 Å². The molecule has 0 saturated carbocycles.